The molecule has 1 aliphatic rings. The Morgan fingerprint density at radius 2 is 1.92 bits per heavy atom. The molecule has 0 bridgehead atoms. The number of fused-ring (bicyclic) bond motifs is 1. The number of aromatic amines is 1. The number of amides is 1. The lowest BCUT2D eigenvalue weighted by Crippen LogP contribution is -2.25. The van der Waals surface area contributed by atoms with E-state index in [9.17, 15) is 9.59 Å². The molecular formula is C17H18N2O5. The van der Waals surface area contributed by atoms with E-state index >= 15 is 0 Å². The van der Waals surface area contributed by atoms with Crippen LogP contribution in [0.25, 0.3) is 0 Å². The minimum Gasteiger partial charge on any atom is -0.496 e. The molecular weight excluding hydrogens is 312 g/mol. The van der Waals surface area contributed by atoms with Gasteiger partial charge in [0, 0.05) is 35.5 Å². The van der Waals surface area contributed by atoms with Crippen LogP contribution >= 0.6 is 0 Å². The highest BCUT2D eigenvalue weighted by molar-refractivity contribution is 5.94. The Bertz CT molecular complexity index is 828. The monoisotopic (exact) mass is 330 g/mol. The van der Waals surface area contributed by atoms with Crippen molar-refractivity contribution in [1.82, 2.24) is 10.3 Å². The molecule has 0 aliphatic carbocycles. The molecule has 7 heteroatoms. The third-order valence-corrected chi connectivity index (χ3v) is 3.63. The first-order chi connectivity index (χ1) is 11.6. The number of methoxy groups -OCH3 is 1. The number of nitrogens with one attached hydrogen (secondary N) is 2. The zero-order valence-corrected chi connectivity index (χ0v) is 13.5. The molecule has 1 aromatic carbocycles. The van der Waals surface area contributed by atoms with Crippen LogP contribution in [-0.4, -0.2) is 31.2 Å². The normalized spacial score (nSPS) is 12.6. The highest BCUT2D eigenvalue weighted by atomic mass is 16.6. The van der Waals surface area contributed by atoms with Crippen molar-refractivity contribution in [2.24, 2.45) is 0 Å². The van der Waals surface area contributed by atoms with Crippen molar-refractivity contribution in [3.63, 3.8) is 0 Å². The average molecular weight is 330 g/mol. The first-order valence-electron chi connectivity index (χ1n) is 7.52. The van der Waals surface area contributed by atoms with Gasteiger partial charge in [0.2, 0.25) is 5.56 Å². The summed E-state index contributed by atoms with van der Waals surface area (Å²) >= 11 is 0. The van der Waals surface area contributed by atoms with Crippen molar-refractivity contribution < 1.29 is 19.0 Å². The zero-order chi connectivity index (χ0) is 17.1. The van der Waals surface area contributed by atoms with Crippen LogP contribution in [0.2, 0.25) is 0 Å². The van der Waals surface area contributed by atoms with Gasteiger partial charge in [0.25, 0.3) is 5.91 Å². The number of pyridine rings is 1. The lowest BCUT2D eigenvalue weighted by atomic mass is 10.1. The largest absolute Gasteiger partial charge is 0.496 e. The van der Waals surface area contributed by atoms with E-state index in [1.54, 1.807) is 32.2 Å². The second-order valence-electron chi connectivity index (χ2n) is 5.41. The summed E-state index contributed by atoms with van der Waals surface area (Å²) in [7, 11) is 1.55. The van der Waals surface area contributed by atoms with E-state index in [0.717, 1.165) is 5.56 Å². The summed E-state index contributed by atoms with van der Waals surface area (Å²) in [4.78, 5) is 26.3. The number of rotatable bonds is 4. The third-order valence-electron chi connectivity index (χ3n) is 3.63. The van der Waals surface area contributed by atoms with Crippen LogP contribution in [0.4, 0.5) is 0 Å². The Morgan fingerprint density at radius 1 is 1.21 bits per heavy atom. The van der Waals surface area contributed by atoms with E-state index in [-0.39, 0.29) is 18.0 Å². The molecule has 0 saturated heterocycles. The average Bonchev–Trinajstić information content (AvgIpc) is 2.57. The van der Waals surface area contributed by atoms with Crippen molar-refractivity contribution >= 4 is 5.91 Å². The molecule has 0 spiro atoms. The van der Waals surface area contributed by atoms with E-state index in [2.05, 4.69) is 10.3 Å². The summed E-state index contributed by atoms with van der Waals surface area (Å²) < 4.78 is 16.4. The summed E-state index contributed by atoms with van der Waals surface area (Å²) in [5.74, 6) is 1.51. The van der Waals surface area contributed by atoms with Crippen LogP contribution in [0.5, 0.6) is 17.2 Å². The lowest BCUT2D eigenvalue weighted by Gasteiger charge is -2.20. The maximum atomic E-state index is 12.3. The summed E-state index contributed by atoms with van der Waals surface area (Å²) in [5.41, 5.74) is 1.39. The molecule has 24 heavy (non-hydrogen) atoms. The quantitative estimate of drug-likeness (QED) is 0.884. The Kier molecular flexibility index (Phi) is 4.41. The molecule has 126 valence electrons. The van der Waals surface area contributed by atoms with E-state index in [1.165, 1.54) is 6.07 Å². The standard InChI is InChI=1S/C17H18N2O5/c1-10-5-11(7-16(20)19-10)17(21)18-9-12-6-14-15(8-13(12)22-2)24-4-3-23-14/h5-8H,3-4,9H2,1-2H3,(H,18,21)(H,19,20). The predicted molar refractivity (Wildman–Crippen MR) is 87.0 cm³/mol. The minimum absolute atomic E-state index is 0.241. The van der Waals surface area contributed by atoms with Crippen LogP contribution in [-0.2, 0) is 6.54 Å². The summed E-state index contributed by atoms with van der Waals surface area (Å²) in [6.45, 7) is 2.94. The van der Waals surface area contributed by atoms with Gasteiger partial charge in [-0.1, -0.05) is 0 Å². The fourth-order valence-corrected chi connectivity index (χ4v) is 2.53. The molecule has 0 radical (unpaired) electrons. The van der Waals surface area contributed by atoms with Gasteiger partial charge < -0.3 is 24.5 Å². The van der Waals surface area contributed by atoms with Gasteiger partial charge in [0.15, 0.2) is 11.5 Å². The molecule has 2 heterocycles. The Morgan fingerprint density at radius 3 is 2.58 bits per heavy atom. The van der Waals surface area contributed by atoms with Gasteiger partial charge >= 0.3 is 0 Å². The molecule has 1 aliphatic heterocycles. The van der Waals surface area contributed by atoms with Crippen LogP contribution in [0.3, 0.4) is 0 Å². The molecule has 3 rings (SSSR count). The Balaban J connectivity index is 1.78. The first-order valence-corrected chi connectivity index (χ1v) is 7.52. The van der Waals surface area contributed by atoms with Crippen molar-refractivity contribution in [3.8, 4) is 17.2 Å². The number of H-pyrrole nitrogens is 1. The highest BCUT2D eigenvalue weighted by Gasteiger charge is 2.17. The van der Waals surface area contributed by atoms with Gasteiger partial charge in [0.1, 0.15) is 19.0 Å². The minimum atomic E-state index is -0.332. The maximum absolute atomic E-state index is 12.3. The van der Waals surface area contributed by atoms with Gasteiger partial charge in [-0.3, -0.25) is 9.59 Å². The summed E-state index contributed by atoms with van der Waals surface area (Å²) in [6, 6.07) is 6.42. The van der Waals surface area contributed by atoms with E-state index in [4.69, 9.17) is 14.2 Å². The van der Waals surface area contributed by atoms with Gasteiger partial charge in [-0.25, -0.2) is 0 Å². The molecule has 1 amide bonds. The molecule has 2 N–H and O–H groups in total. The second kappa shape index (κ2) is 6.66. The topological polar surface area (TPSA) is 89.7 Å². The fraction of sp³-hybridized carbons (Fsp3) is 0.294. The van der Waals surface area contributed by atoms with Crippen LogP contribution in [0.1, 0.15) is 21.6 Å². The number of carbonyl (C=O) groups excluding carboxylic acids is 1. The van der Waals surface area contributed by atoms with Gasteiger partial charge in [0.05, 0.1) is 7.11 Å². The predicted octanol–water partition coefficient (Wildman–Crippen LogP) is 1.39. The number of aromatic nitrogens is 1. The first kappa shape index (κ1) is 15.9. The van der Waals surface area contributed by atoms with E-state index in [1.807, 2.05) is 0 Å². The molecule has 0 fully saturated rings. The Labute approximate surface area is 138 Å². The highest BCUT2D eigenvalue weighted by Crippen LogP contribution is 2.36. The zero-order valence-electron chi connectivity index (χ0n) is 13.5. The van der Waals surface area contributed by atoms with Crippen molar-refractivity contribution in [1.29, 1.82) is 0 Å². The summed E-state index contributed by atoms with van der Waals surface area (Å²) in [6.07, 6.45) is 0. The smallest absolute Gasteiger partial charge is 0.251 e. The SMILES string of the molecule is COc1cc2c(cc1CNC(=O)c1cc(C)[nH]c(=O)c1)OCCO2. The number of ether oxygens (including phenoxy) is 3. The van der Waals surface area contributed by atoms with Crippen molar-refractivity contribution in [3.05, 3.63) is 51.4 Å². The summed E-state index contributed by atoms with van der Waals surface area (Å²) in [5, 5.41) is 2.78. The number of carbonyl (C=O) groups is 1. The van der Waals surface area contributed by atoms with Crippen LogP contribution < -0.4 is 25.1 Å². The number of aryl methyl sites for hydroxylation is 1. The van der Waals surface area contributed by atoms with Gasteiger partial charge in [-0.2, -0.15) is 0 Å². The lowest BCUT2D eigenvalue weighted by molar-refractivity contribution is 0.0950. The van der Waals surface area contributed by atoms with E-state index < -0.39 is 0 Å². The maximum Gasteiger partial charge on any atom is 0.251 e. The number of hydrogen-bond donors (Lipinski definition) is 2. The van der Waals surface area contributed by atoms with E-state index in [0.29, 0.717) is 41.7 Å². The molecule has 2 aromatic rings. The van der Waals surface area contributed by atoms with Crippen molar-refractivity contribution in [2.45, 2.75) is 13.5 Å². The molecule has 0 unspecified atom stereocenters. The van der Waals surface area contributed by atoms with Crippen LogP contribution in [0.15, 0.2) is 29.1 Å². The van der Waals surface area contributed by atoms with Gasteiger partial charge in [-0.15, -0.1) is 0 Å². The van der Waals surface area contributed by atoms with Crippen molar-refractivity contribution in [2.75, 3.05) is 20.3 Å². The molecule has 7 nitrogen and oxygen atoms in total. The van der Waals surface area contributed by atoms with Crippen LogP contribution in [0, 0.1) is 6.92 Å². The molecule has 0 saturated carbocycles. The number of benzene rings is 1. The molecule has 0 atom stereocenters. The number of hydrogen-bond acceptors (Lipinski definition) is 5. The second-order valence-corrected chi connectivity index (χ2v) is 5.41. The van der Waals surface area contributed by atoms with Gasteiger partial charge in [-0.05, 0) is 19.1 Å². The Hall–Kier alpha value is -2.96. The molecule has 1 aromatic heterocycles. The third kappa shape index (κ3) is 3.34. The fourth-order valence-electron chi connectivity index (χ4n) is 2.53.